The molecule has 204 valence electrons. The predicted octanol–water partition coefficient (Wildman–Crippen LogP) is 5.33. The number of nitrogens with two attached hydrogens (primary N) is 1. The second-order valence-electron chi connectivity index (χ2n) is 7.96. The Morgan fingerprint density at radius 2 is 1.46 bits per heavy atom. The molecule has 0 aromatic heterocycles. The Balaban J connectivity index is 2.08. The van der Waals surface area contributed by atoms with Gasteiger partial charge in [-0.25, -0.2) is 4.79 Å². The van der Waals surface area contributed by atoms with E-state index >= 15 is 0 Å². The number of hydrogen-bond acceptors (Lipinski definition) is 11. The second kappa shape index (κ2) is 11.7. The van der Waals surface area contributed by atoms with Crippen LogP contribution in [0.15, 0.2) is 67.8 Å². The van der Waals surface area contributed by atoms with Crippen molar-refractivity contribution in [2.45, 2.75) is 18.7 Å². The molecule has 14 nitrogen and oxygen atoms in total. The first-order chi connectivity index (χ1) is 18.3. The van der Waals surface area contributed by atoms with E-state index in [1.165, 1.54) is 33.3 Å². The molecule has 39 heavy (non-hydrogen) atoms. The number of amides is 1. The van der Waals surface area contributed by atoms with Gasteiger partial charge in [0.05, 0.1) is 41.7 Å². The average Bonchev–Trinajstić information content (AvgIpc) is 2.86. The number of rotatable bonds is 9. The molecule has 0 aliphatic carbocycles. The van der Waals surface area contributed by atoms with Crippen molar-refractivity contribution in [3.63, 3.8) is 0 Å². The summed E-state index contributed by atoms with van der Waals surface area (Å²) in [6.07, 6.45) is 0. The third kappa shape index (κ3) is 6.91. The Morgan fingerprint density at radius 3 is 2.05 bits per heavy atom. The summed E-state index contributed by atoms with van der Waals surface area (Å²) in [6, 6.07) is 8.92. The number of aromatic carboxylic acids is 1. The van der Waals surface area contributed by atoms with Gasteiger partial charge < -0.3 is 25.6 Å². The number of hydrogen-bond donors (Lipinski definition) is 4. The first-order valence-corrected chi connectivity index (χ1v) is 12.4. The van der Waals surface area contributed by atoms with Crippen molar-refractivity contribution in [1.29, 1.82) is 0 Å². The fourth-order valence-corrected chi connectivity index (χ4v) is 3.81. The number of anilines is 2. The monoisotopic (exact) mass is 556 g/mol. The Morgan fingerprint density at radius 1 is 0.872 bits per heavy atom. The molecule has 0 aliphatic heterocycles. The lowest BCUT2D eigenvalue weighted by Crippen LogP contribution is -2.06. The van der Waals surface area contributed by atoms with Crippen LogP contribution in [0.5, 0.6) is 11.5 Å². The van der Waals surface area contributed by atoms with Gasteiger partial charge in [-0.2, -0.15) is 13.5 Å². The summed E-state index contributed by atoms with van der Waals surface area (Å²) in [6.45, 7) is 3.06. The summed E-state index contributed by atoms with van der Waals surface area (Å²) in [5, 5.41) is 28.5. The standard InChI is InChI=1S/C24H24N6O8S/c1-12-7-16(25)22(37-3)10-18(12)28-30-21-9-19(26-13(2)31)20(11-23(21)38-4)29-27-17-6-5-14(39(34,35)36)8-15(17)24(32)33/h5-11H,25H2,1-4H3,(H,26,31)(H,32,33)(H,34,35,36)/b29-27-,30-28-. The van der Waals surface area contributed by atoms with Gasteiger partial charge in [0.2, 0.25) is 5.91 Å². The molecule has 0 radical (unpaired) electrons. The van der Waals surface area contributed by atoms with E-state index in [1.807, 2.05) is 0 Å². The Hall–Kier alpha value is -4.89. The minimum absolute atomic E-state index is 0.0709. The Bertz CT molecular complexity index is 1620. The number of ether oxygens (including phenoxy) is 2. The van der Waals surface area contributed by atoms with Crippen LogP contribution in [0, 0.1) is 6.92 Å². The molecule has 5 N–H and O–H groups in total. The fraction of sp³-hybridized carbons (Fsp3) is 0.167. The molecule has 0 aliphatic rings. The number of carboxylic acid groups (broad SMARTS) is 1. The first kappa shape index (κ1) is 28.7. The molecular formula is C24H24N6O8S. The Kier molecular flexibility index (Phi) is 8.57. The SMILES string of the molecule is COc1cc(/N=N\c2cc(NC(C)=O)c(/N=N\c3ccc(S(=O)(=O)O)cc3C(=O)O)cc2OC)c(C)cc1N. The van der Waals surface area contributed by atoms with E-state index in [9.17, 15) is 27.7 Å². The van der Waals surface area contributed by atoms with Crippen molar-refractivity contribution in [2.75, 3.05) is 25.3 Å². The van der Waals surface area contributed by atoms with E-state index in [4.69, 9.17) is 15.2 Å². The summed E-state index contributed by atoms with van der Waals surface area (Å²) >= 11 is 0. The van der Waals surface area contributed by atoms with Crippen molar-refractivity contribution in [3.05, 3.63) is 53.6 Å². The topological polar surface area (TPSA) is 215 Å². The van der Waals surface area contributed by atoms with Gasteiger partial charge in [-0.1, -0.05) is 0 Å². The molecule has 3 aromatic carbocycles. The van der Waals surface area contributed by atoms with E-state index in [0.29, 0.717) is 17.1 Å². The zero-order valence-corrected chi connectivity index (χ0v) is 22.0. The van der Waals surface area contributed by atoms with Crippen molar-refractivity contribution in [3.8, 4) is 11.5 Å². The van der Waals surface area contributed by atoms with Crippen LogP contribution >= 0.6 is 0 Å². The second-order valence-corrected chi connectivity index (χ2v) is 9.38. The smallest absolute Gasteiger partial charge is 0.338 e. The maximum Gasteiger partial charge on any atom is 0.338 e. The molecule has 0 unspecified atom stereocenters. The number of carbonyl (C=O) groups is 2. The lowest BCUT2D eigenvalue weighted by molar-refractivity contribution is -0.114. The predicted molar refractivity (Wildman–Crippen MR) is 141 cm³/mol. The minimum atomic E-state index is -4.64. The summed E-state index contributed by atoms with van der Waals surface area (Å²) < 4.78 is 42.6. The number of methoxy groups -OCH3 is 2. The van der Waals surface area contributed by atoms with E-state index in [-0.39, 0.29) is 28.5 Å². The minimum Gasteiger partial charge on any atom is -0.495 e. The van der Waals surface area contributed by atoms with Gasteiger partial charge in [0.25, 0.3) is 10.1 Å². The number of carboxylic acids is 1. The van der Waals surface area contributed by atoms with Crippen LogP contribution in [-0.2, 0) is 14.9 Å². The van der Waals surface area contributed by atoms with Crippen molar-refractivity contribution >= 4 is 56.1 Å². The molecule has 0 heterocycles. The van der Waals surface area contributed by atoms with E-state index in [2.05, 4.69) is 25.8 Å². The Labute approximate surface area is 222 Å². The van der Waals surface area contributed by atoms with Crippen LogP contribution in [0.3, 0.4) is 0 Å². The van der Waals surface area contributed by atoms with Gasteiger partial charge in [0.1, 0.15) is 28.6 Å². The lowest BCUT2D eigenvalue weighted by atomic mass is 10.1. The summed E-state index contributed by atoms with van der Waals surface area (Å²) in [5.74, 6) is -1.33. The number of azo groups is 2. The van der Waals surface area contributed by atoms with Gasteiger partial charge in [0.15, 0.2) is 0 Å². The zero-order chi connectivity index (χ0) is 28.9. The molecule has 0 fully saturated rings. The van der Waals surface area contributed by atoms with Crippen LogP contribution in [0.4, 0.5) is 34.1 Å². The first-order valence-electron chi connectivity index (χ1n) is 11.0. The largest absolute Gasteiger partial charge is 0.495 e. The normalized spacial score (nSPS) is 11.6. The third-order valence-corrected chi connectivity index (χ3v) is 6.03. The highest BCUT2D eigenvalue weighted by atomic mass is 32.2. The fourth-order valence-electron chi connectivity index (χ4n) is 3.31. The highest BCUT2D eigenvalue weighted by molar-refractivity contribution is 7.85. The number of nitrogens with zero attached hydrogens (tertiary/aromatic N) is 4. The number of aryl methyl sites for hydroxylation is 1. The molecule has 0 spiro atoms. The van der Waals surface area contributed by atoms with Gasteiger partial charge in [-0.3, -0.25) is 9.35 Å². The van der Waals surface area contributed by atoms with Gasteiger partial charge in [0, 0.05) is 19.1 Å². The number of benzene rings is 3. The van der Waals surface area contributed by atoms with E-state index < -0.39 is 32.5 Å². The molecule has 15 heteroatoms. The molecule has 1 amide bonds. The lowest BCUT2D eigenvalue weighted by Gasteiger charge is -2.11. The number of nitrogens with one attached hydrogen (secondary N) is 1. The molecule has 3 rings (SSSR count). The number of nitrogen functional groups attached to an aromatic ring is 1. The third-order valence-electron chi connectivity index (χ3n) is 5.18. The molecule has 0 atom stereocenters. The van der Waals surface area contributed by atoms with Crippen molar-refractivity contribution in [1.82, 2.24) is 0 Å². The van der Waals surface area contributed by atoms with Gasteiger partial charge in [-0.05, 0) is 42.8 Å². The maximum absolute atomic E-state index is 11.9. The van der Waals surface area contributed by atoms with Crippen molar-refractivity contribution in [2.24, 2.45) is 20.5 Å². The number of carbonyl (C=O) groups excluding carboxylic acids is 1. The molecular weight excluding hydrogens is 532 g/mol. The molecule has 0 saturated heterocycles. The van der Waals surface area contributed by atoms with Crippen LogP contribution in [0.1, 0.15) is 22.8 Å². The highest BCUT2D eigenvalue weighted by Gasteiger charge is 2.18. The van der Waals surface area contributed by atoms with E-state index in [0.717, 1.165) is 23.8 Å². The van der Waals surface area contributed by atoms with Crippen LogP contribution in [-0.4, -0.2) is 44.2 Å². The van der Waals surface area contributed by atoms with Crippen LogP contribution < -0.4 is 20.5 Å². The van der Waals surface area contributed by atoms with E-state index in [1.54, 1.807) is 19.1 Å². The summed E-state index contributed by atoms with van der Waals surface area (Å²) in [7, 11) is -1.79. The van der Waals surface area contributed by atoms with Crippen LogP contribution in [0.2, 0.25) is 0 Å². The maximum atomic E-state index is 11.9. The van der Waals surface area contributed by atoms with Gasteiger partial charge >= 0.3 is 5.97 Å². The molecule has 0 bridgehead atoms. The highest BCUT2D eigenvalue weighted by Crippen LogP contribution is 2.41. The van der Waals surface area contributed by atoms with Crippen LogP contribution in [0.25, 0.3) is 0 Å². The quantitative estimate of drug-likeness (QED) is 0.152. The van der Waals surface area contributed by atoms with Gasteiger partial charge in [-0.15, -0.1) is 15.3 Å². The zero-order valence-electron chi connectivity index (χ0n) is 21.2. The van der Waals surface area contributed by atoms with Crippen molar-refractivity contribution < 1.29 is 37.1 Å². The molecule has 3 aromatic rings. The average molecular weight is 557 g/mol. The summed E-state index contributed by atoms with van der Waals surface area (Å²) in [5.41, 5.74) is 7.27. The summed E-state index contributed by atoms with van der Waals surface area (Å²) in [4.78, 5) is 22.9. The molecule has 0 saturated carbocycles.